The molecule has 0 aromatic heterocycles. The topological polar surface area (TPSA) is 86.7 Å². The first-order chi connectivity index (χ1) is 3.72. The Morgan fingerprint density at radius 2 is 1.88 bits per heavy atom. The van der Waals surface area contributed by atoms with Gasteiger partial charge in [-0.2, -0.15) is 0 Å². The molecular weight excluding hydrogens is 110 g/mol. The van der Waals surface area contributed by atoms with Crippen LogP contribution in [0.4, 0.5) is 0 Å². The van der Waals surface area contributed by atoms with E-state index in [0.717, 1.165) is 0 Å². The van der Waals surface area contributed by atoms with Crippen LogP contribution in [0.2, 0.25) is 0 Å². The molecule has 1 unspecified atom stereocenters. The smallest absolute Gasteiger partial charge is 0.157 e. The predicted octanol–water partition coefficient (Wildman–Crippen LogP) is -2.14. The normalized spacial score (nSPS) is 14.6. The van der Waals surface area contributed by atoms with E-state index in [4.69, 9.17) is 21.1 Å². The number of nitrogens with two attached hydrogens (primary N) is 1. The summed E-state index contributed by atoms with van der Waals surface area (Å²) in [5.74, 6) is -0.602. The molecule has 4 nitrogen and oxygen atoms in total. The standard InChI is InChI=1S/C4H11NO3/c5-1-3(2-6)4(7)8/h3-4,6-8H,1-2,5H2. The molecule has 8 heavy (non-hydrogen) atoms. The van der Waals surface area contributed by atoms with Crippen molar-refractivity contribution in [2.24, 2.45) is 11.7 Å². The molecule has 0 heterocycles. The second kappa shape index (κ2) is 3.80. The van der Waals surface area contributed by atoms with E-state index in [0.29, 0.717) is 0 Å². The molecule has 0 rings (SSSR count). The third-order valence-electron chi connectivity index (χ3n) is 0.959. The maximum atomic E-state index is 8.33. The van der Waals surface area contributed by atoms with E-state index in [1.807, 2.05) is 0 Å². The van der Waals surface area contributed by atoms with Crippen LogP contribution in [0.5, 0.6) is 0 Å². The molecule has 0 spiro atoms. The molecule has 0 radical (unpaired) electrons. The van der Waals surface area contributed by atoms with Gasteiger partial charge in [0.15, 0.2) is 6.29 Å². The first-order valence-corrected chi connectivity index (χ1v) is 2.39. The van der Waals surface area contributed by atoms with Crippen molar-refractivity contribution in [3.05, 3.63) is 0 Å². The highest BCUT2D eigenvalue weighted by atomic mass is 16.5. The molecule has 0 saturated carbocycles. The molecule has 0 aliphatic heterocycles. The van der Waals surface area contributed by atoms with Crippen molar-refractivity contribution >= 4 is 0 Å². The van der Waals surface area contributed by atoms with Gasteiger partial charge < -0.3 is 21.1 Å². The lowest BCUT2D eigenvalue weighted by Crippen LogP contribution is -2.30. The van der Waals surface area contributed by atoms with Crippen LogP contribution in [0.3, 0.4) is 0 Å². The van der Waals surface area contributed by atoms with Gasteiger partial charge >= 0.3 is 0 Å². The summed E-state index contributed by atoms with van der Waals surface area (Å²) < 4.78 is 0. The van der Waals surface area contributed by atoms with Gasteiger partial charge in [-0.1, -0.05) is 0 Å². The Bertz CT molecular complexity index is 53.2. The fourth-order valence-corrected chi connectivity index (χ4v) is 0.291. The molecule has 0 saturated heterocycles. The second-order valence-corrected chi connectivity index (χ2v) is 1.59. The van der Waals surface area contributed by atoms with Crippen molar-refractivity contribution in [2.75, 3.05) is 13.2 Å². The van der Waals surface area contributed by atoms with Crippen molar-refractivity contribution in [1.29, 1.82) is 0 Å². The highest BCUT2D eigenvalue weighted by Crippen LogP contribution is 1.95. The Morgan fingerprint density at radius 3 is 1.88 bits per heavy atom. The highest BCUT2D eigenvalue weighted by Gasteiger charge is 2.11. The molecule has 0 aliphatic carbocycles. The Labute approximate surface area is 47.6 Å². The van der Waals surface area contributed by atoms with Gasteiger partial charge in [0.2, 0.25) is 0 Å². The monoisotopic (exact) mass is 121 g/mol. The van der Waals surface area contributed by atoms with Crippen LogP contribution < -0.4 is 5.73 Å². The second-order valence-electron chi connectivity index (χ2n) is 1.59. The number of hydrogen-bond acceptors (Lipinski definition) is 4. The van der Waals surface area contributed by atoms with Gasteiger partial charge in [-0.15, -0.1) is 0 Å². The van der Waals surface area contributed by atoms with E-state index in [2.05, 4.69) is 0 Å². The van der Waals surface area contributed by atoms with Crippen LogP contribution >= 0.6 is 0 Å². The first-order valence-electron chi connectivity index (χ1n) is 2.39. The quantitative estimate of drug-likeness (QED) is 0.321. The van der Waals surface area contributed by atoms with Crippen LogP contribution in [0.1, 0.15) is 0 Å². The fraction of sp³-hybridized carbons (Fsp3) is 1.00. The zero-order valence-corrected chi connectivity index (χ0v) is 4.49. The van der Waals surface area contributed by atoms with E-state index in [1.165, 1.54) is 0 Å². The SMILES string of the molecule is NCC(CO)C(O)O. The Balaban J connectivity index is 3.35. The number of hydrogen-bond donors (Lipinski definition) is 4. The molecule has 0 aromatic carbocycles. The maximum absolute atomic E-state index is 8.33. The molecule has 1 atom stereocenters. The summed E-state index contributed by atoms with van der Waals surface area (Å²) in [6.45, 7) is -0.192. The fourth-order valence-electron chi connectivity index (χ4n) is 0.291. The third kappa shape index (κ3) is 2.23. The van der Waals surface area contributed by atoms with Crippen molar-refractivity contribution in [3.63, 3.8) is 0 Å². The summed E-state index contributed by atoms with van der Waals surface area (Å²) in [6, 6.07) is 0. The van der Waals surface area contributed by atoms with Crippen LogP contribution in [-0.4, -0.2) is 34.8 Å². The summed E-state index contributed by atoms with van der Waals surface area (Å²) in [6.07, 6.45) is -1.50. The summed E-state index contributed by atoms with van der Waals surface area (Å²) in [5, 5.41) is 25.0. The van der Waals surface area contributed by atoms with Gasteiger partial charge in [0.05, 0.1) is 6.61 Å². The summed E-state index contributed by atoms with van der Waals surface area (Å²) >= 11 is 0. The zero-order chi connectivity index (χ0) is 6.57. The van der Waals surface area contributed by atoms with E-state index in [9.17, 15) is 0 Å². The number of rotatable bonds is 3. The molecule has 0 aliphatic rings. The zero-order valence-electron chi connectivity index (χ0n) is 4.49. The van der Waals surface area contributed by atoms with Crippen molar-refractivity contribution in [2.45, 2.75) is 6.29 Å². The number of aliphatic hydroxyl groups is 3. The first kappa shape index (κ1) is 7.84. The van der Waals surface area contributed by atoms with E-state index in [1.54, 1.807) is 0 Å². The number of aliphatic hydroxyl groups excluding tert-OH is 2. The summed E-state index contributed by atoms with van der Waals surface area (Å²) in [4.78, 5) is 0. The van der Waals surface area contributed by atoms with Crippen LogP contribution in [0, 0.1) is 5.92 Å². The summed E-state index contributed by atoms with van der Waals surface area (Å²) in [5.41, 5.74) is 5.00. The lowest BCUT2D eigenvalue weighted by Gasteiger charge is -2.11. The third-order valence-corrected chi connectivity index (χ3v) is 0.959. The van der Waals surface area contributed by atoms with E-state index >= 15 is 0 Å². The van der Waals surface area contributed by atoms with Gasteiger partial charge in [-0.25, -0.2) is 0 Å². The van der Waals surface area contributed by atoms with E-state index < -0.39 is 12.2 Å². The molecule has 0 aromatic rings. The molecule has 4 heteroatoms. The van der Waals surface area contributed by atoms with Crippen LogP contribution in [0.25, 0.3) is 0 Å². The minimum Gasteiger partial charge on any atom is -0.396 e. The van der Waals surface area contributed by atoms with Gasteiger partial charge in [-0.3, -0.25) is 0 Å². The molecule has 0 bridgehead atoms. The van der Waals surface area contributed by atoms with Gasteiger partial charge in [-0.05, 0) is 0 Å². The van der Waals surface area contributed by atoms with Gasteiger partial charge in [0.25, 0.3) is 0 Å². The average Bonchev–Trinajstić information content (AvgIpc) is 1.69. The largest absolute Gasteiger partial charge is 0.396 e. The minimum absolute atomic E-state index is 0.0914. The average molecular weight is 121 g/mol. The van der Waals surface area contributed by atoms with Crippen LogP contribution in [-0.2, 0) is 0 Å². The Hall–Kier alpha value is -0.160. The lowest BCUT2D eigenvalue weighted by atomic mass is 10.1. The molecular formula is C4H11NO3. The van der Waals surface area contributed by atoms with E-state index in [-0.39, 0.29) is 13.2 Å². The Kier molecular flexibility index (Phi) is 3.72. The maximum Gasteiger partial charge on any atom is 0.157 e. The van der Waals surface area contributed by atoms with Crippen LogP contribution in [0.15, 0.2) is 0 Å². The van der Waals surface area contributed by atoms with Crippen molar-refractivity contribution in [1.82, 2.24) is 0 Å². The molecule has 0 fully saturated rings. The lowest BCUT2D eigenvalue weighted by molar-refractivity contribution is -0.0930. The van der Waals surface area contributed by atoms with Gasteiger partial charge in [0, 0.05) is 12.5 Å². The minimum atomic E-state index is -1.50. The molecule has 0 amide bonds. The van der Waals surface area contributed by atoms with Gasteiger partial charge in [0.1, 0.15) is 0 Å². The van der Waals surface area contributed by atoms with Crippen molar-refractivity contribution < 1.29 is 15.3 Å². The highest BCUT2D eigenvalue weighted by molar-refractivity contribution is 4.57. The predicted molar refractivity (Wildman–Crippen MR) is 27.9 cm³/mol. The van der Waals surface area contributed by atoms with Crippen molar-refractivity contribution in [3.8, 4) is 0 Å². The Morgan fingerprint density at radius 1 is 1.38 bits per heavy atom. The summed E-state index contributed by atoms with van der Waals surface area (Å²) in [7, 11) is 0. The molecule has 5 N–H and O–H groups in total. The molecule has 50 valence electrons.